The Hall–Kier alpha value is -7.18. The summed E-state index contributed by atoms with van der Waals surface area (Å²) in [5.41, 5.74) is 13.6. The number of rotatable bonds is 5. The number of benzene rings is 10. The van der Waals surface area contributed by atoms with Crippen molar-refractivity contribution in [2.75, 3.05) is 0 Å². The Morgan fingerprint density at radius 3 is 1.19 bits per heavy atom. The predicted octanol–water partition coefficient (Wildman–Crippen LogP) is 16.1. The lowest BCUT2D eigenvalue weighted by Gasteiger charge is -2.17. The van der Waals surface area contributed by atoms with E-state index in [1.165, 1.54) is 109 Å². The second-order valence-corrected chi connectivity index (χ2v) is 16.4. The summed E-state index contributed by atoms with van der Waals surface area (Å²) >= 11 is 0. The van der Waals surface area contributed by atoms with Gasteiger partial charge in [0, 0.05) is 16.5 Å². The molecule has 1 nitrogen and oxygen atoms in total. The van der Waals surface area contributed by atoms with Crippen molar-refractivity contribution in [2.45, 2.75) is 0 Å². The summed E-state index contributed by atoms with van der Waals surface area (Å²) in [6.45, 7) is 0. The molecule has 2 heteroatoms. The highest BCUT2D eigenvalue weighted by Gasteiger charge is 2.19. The summed E-state index contributed by atoms with van der Waals surface area (Å²) < 4.78 is 2.45. The van der Waals surface area contributed by atoms with Gasteiger partial charge in [0.25, 0.3) is 0 Å². The van der Waals surface area contributed by atoms with Gasteiger partial charge in [0.2, 0.25) is 0 Å². The molecule has 0 bridgehead atoms. The molecular weight excluding hydrogens is 718 g/mol. The zero-order valence-electron chi connectivity index (χ0n) is 31.7. The van der Waals surface area contributed by atoms with Crippen LogP contribution in [0.25, 0.3) is 115 Å². The van der Waals surface area contributed by atoms with E-state index in [-0.39, 0.29) is 0 Å². The highest BCUT2D eigenvalue weighted by Crippen LogP contribution is 2.45. The van der Waals surface area contributed by atoms with Crippen molar-refractivity contribution in [1.82, 2.24) is 4.57 Å². The summed E-state index contributed by atoms with van der Waals surface area (Å²) in [7, 11) is 0.730. The van der Waals surface area contributed by atoms with Crippen LogP contribution in [0.4, 0.5) is 0 Å². The van der Waals surface area contributed by atoms with Crippen LogP contribution in [0.1, 0.15) is 0 Å². The Morgan fingerprint density at radius 2 is 0.707 bits per heavy atom. The Bertz CT molecular complexity index is 3360. The SMILES string of the molecule is c1ccc2cc(-c3ccc4c(c3)c3cc(-c5ccc6ccccc6c5)ccc3n4-c3ccc(-c4c5ccccc5c(-c5cc[pH]c5)c5ccccc45)cc3)ccc2c1. The second-order valence-electron chi connectivity index (χ2n) is 15.4. The Kier molecular flexibility index (Phi) is 7.52. The van der Waals surface area contributed by atoms with Gasteiger partial charge in [0.05, 0.1) is 11.0 Å². The number of aromatic nitrogens is 1. The highest BCUT2D eigenvalue weighted by molar-refractivity contribution is 7.28. The maximum Gasteiger partial charge on any atom is 0.0541 e. The zero-order chi connectivity index (χ0) is 38.2. The molecule has 0 aliphatic carbocycles. The Balaban J connectivity index is 1.05. The van der Waals surface area contributed by atoms with Gasteiger partial charge in [-0.15, -0.1) is 8.19 Å². The third kappa shape index (κ3) is 5.25. The molecule has 58 heavy (non-hydrogen) atoms. The maximum atomic E-state index is 2.45. The quantitative estimate of drug-likeness (QED) is 0.154. The molecule has 10 aromatic carbocycles. The molecule has 0 fully saturated rings. The fourth-order valence-corrected chi connectivity index (χ4v) is 10.2. The lowest BCUT2D eigenvalue weighted by molar-refractivity contribution is 1.18. The third-order valence-electron chi connectivity index (χ3n) is 12.2. The standard InChI is InChI=1S/C56H36NP/c1-3-11-39-31-41(19-17-36(39)9-1)43-23-27-53-51(33-43)52-34-44(42-20-18-37-10-2-4-12-40(37)32-42)24-28-54(52)57(53)46-25-21-38(22-26-46)55-47-13-5-7-15-49(47)56(45-29-30-58-35-45)50-16-8-6-14-48(50)55/h1-35,58H. The average Bonchev–Trinajstić information content (AvgIpc) is 3.94. The second kappa shape index (κ2) is 13.2. The average molecular weight is 754 g/mol. The smallest absolute Gasteiger partial charge is 0.0541 e. The number of fused-ring (bicyclic) bond motifs is 7. The van der Waals surface area contributed by atoms with Gasteiger partial charge in [-0.1, -0.05) is 152 Å². The van der Waals surface area contributed by atoms with Gasteiger partial charge < -0.3 is 4.57 Å². The molecule has 2 aromatic heterocycles. The molecule has 0 radical (unpaired) electrons. The van der Waals surface area contributed by atoms with E-state index in [0.717, 1.165) is 13.9 Å². The van der Waals surface area contributed by atoms with Gasteiger partial charge in [0.15, 0.2) is 0 Å². The fourth-order valence-electron chi connectivity index (χ4n) is 9.41. The molecule has 1 atom stereocenters. The van der Waals surface area contributed by atoms with Crippen LogP contribution in [0, 0.1) is 0 Å². The summed E-state index contributed by atoms with van der Waals surface area (Å²) in [4.78, 5) is 0. The normalized spacial score (nSPS) is 11.9. The van der Waals surface area contributed by atoms with E-state index in [4.69, 9.17) is 0 Å². The molecule has 12 aromatic rings. The molecule has 0 saturated carbocycles. The number of nitrogens with zero attached hydrogens (tertiary/aromatic N) is 1. The topological polar surface area (TPSA) is 4.93 Å². The van der Waals surface area contributed by atoms with E-state index in [2.05, 4.69) is 216 Å². The minimum Gasteiger partial charge on any atom is -0.309 e. The van der Waals surface area contributed by atoms with Crippen molar-refractivity contribution in [2.24, 2.45) is 0 Å². The van der Waals surface area contributed by atoms with Gasteiger partial charge in [-0.3, -0.25) is 0 Å². The molecule has 1 unspecified atom stereocenters. The molecule has 0 aliphatic heterocycles. The van der Waals surface area contributed by atoms with Crippen LogP contribution in [-0.4, -0.2) is 4.57 Å². The van der Waals surface area contributed by atoms with Crippen molar-refractivity contribution in [3.63, 3.8) is 0 Å². The summed E-state index contributed by atoms with van der Waals surface area (Å²) in [6.07, 6.45) is 0. The van der Waals surface area contributed by atoms with Crippen molar-refractivity contribution in [3.05, 3.63) is 212 Å². The van der Waals surface area contributed by atoms with E-state index in [1.807, 2.05) is 0 Å². The Morgan fingerprint density at radius 1 is 0.293 bits per heavy atom. The predicted molar refractivity (Wildman–Crippen MR) is 252 cm³/mol. The third-order valence-corrected chi connectivity index (χ3v) is 13.0. The molecule has 0 spiro atoms. The van der Waals surface area contributed by atoms with E-state index in [9.17, 15) is 0 Å². The maximum absolute atomic E-state index is 2.45. The van der Waals surface area contributed by atoms with Crippen molar-refractivity contribution in [3.8, 4) is 50.2 Å². The first-order valence-corrected chi connectivity index (χ1v) is 21.1. The molecule has 0 amide bonds. The van der Waals surface area contributed by atoms with Gasteiger partial charge >= 0.3 is 0 Å². The largest absolute Gasteiger partial charge is 0.309 e. The Labute approximate surface area is 338 Å². The minimum atomic E-state index is 0.730. The van der Waals surface area contributed by atoms with Crippen molar-refractivity contribution < 1.29 is 0 Å². The van der Waals surface area contributed by atoms with Crippen LogP contribution >= 0.6 is 8.19 Å². The van der Waals surface area contributed by atoms with Crippen LogP contribution in [-0.2, 0) is 0 Å². The number of hydrogen-bond donors (Lipinski definition) is 0. The van der Waals surface area contributed by atoms with Gasteiger partial charge in [-0.25, -0.2) is 0 Å². The summed E-state index contributed by atoms with van der Waals surface area (Å²) in [5.74, 6) is 4.67. The lowest BCUT2D eigenvalue weighted by atomic mass is 9.86. The molecule has 0 N–H and O–H groups in total. The first kappa shape index (κ1) is 33.0. The van der Waals surface area contributed by atoms with E-state index in [0.29, 0.717) is 0 Å². The molecule has 0 aliphatic rings. The number of hydrogen-bond acceptors (Lipinski definition) is 0. The fraction of sp³-hybridized carbons (Fsp3) is 0. The van der Waals surface area contributed by atoms with E-state index < -0.39 is 0 Å². The van der Waals surface area contributed by atoms with Crippen LogP contribution in [0.2, 0.25) is 0 Å². The zero-order valence-corrected chi connectivity index (χ0v) is 32.7. The molecule has 2 heterocycles. The van der Waals surface area contributed by atoms with Crippen molar-refractivity contribution >= 4 is 73.1 Å². The first-order chi connectivity index (χ1) is 28.7. The molecular formula is C56H36NP. The van der Waals surface area contributed by atoms with Gasteiger partial charge in [0.1, 0.15) is 0 Å². The first-order valence-electron chi connectivity index (χ1n) is 20.0. The van der Waals surface area contributed by atoms with E-state index >= 15 is 0 Å². The summed E-state index contributed by atoms with van der Waals surface area (Å²) in [6, 6.07) is 74.3. The monoisotopic (exact) mass is 753 g/mol. The molecule has 0 saturated heterocycles. The summed E-state index contributed by atoms with van der Waals surface area (Å²) in [5, 5.41) is 12.7. The molecule has 12 rings (SSSR count). The van der Waals surface area contributed by atoms with Crippen LogP contribution in [0.5, 0.6) is 0 Å². The van der Waals surface area contributed by atoms with E-state index in [1.54, 1.807) is 0 Å². The molecule has 270 valence electrons. The highest BCUT2D eigenvalue weighted by atomic mass is 31.0. The lowest BCUT2D eigenvalue weighted by Crippen LogP contribution is -1.95. The van der Waals surface area contributed by atoms with Gasteiger partial charge in [-0.2, -0.15) is 0 Å². The minimum absolute atomic E-state index is 0.730. The van der Waals surface area contributed by atoms with Gasteiger partial charge in [-0.05, 0) is 148 Å². The van der Waals surface area contributed by atoms with Crippen LogP contribution in [0.3, 0.4) is 0 Å². The van der Waals surface area contributed by atoms with Crippen LogP contribution < -0.4 is 0 Å². The van der Waals surface area contributed by atoms with Crippen LogP contribution in [0.15, 0.2) is 212 Å². The van der Waals surface area contributed by atoms with Crippen molar-refractivity contribution in [1.29, 1.82) is 0 Å².